The van der Waals surface area contributed by atoms with Crippen LogP contribution >= 0.6 is 11.3 Å². The zero-order valence-electron chi connectivity index (χ0n) is 10.2. The minimum atomic E-state index is 1.04. The van der Waals surface area contributed by atoms with E-state index in [4.69, 9.17) is 0 Å². The van der Waals surface area contributed by atoms with Crippen molar-refractivity contribution >= 4 is 23.5 Å². The van der Waals surface area contributed by atoms with E-state index in [0.717, 1.165) is 10.7 Å². The van der Waals surface area contributed by atoms with Crippen molar-refractivity contribution in [2.75, 3.05) is 0 Å². The highest BCUT2D eigenvalue weighted by Gasteiger charge is 2.01. The topological polar surface area (TPSA) is 12.9 Å². The van der Waals surface area contributed by atoms with Crippen LogP contribution in [0.2, 0.25) is 0 Å². The third-order valence-electron chi connectivity index (χ3n) is 1.49. The van der Waals surface area contributed by atoms with Gasteiger partial charge in [0.05, 0.1) is 15.6 Å². The number of thiazole rings is 1. The molecule has 1 aromatic heterocycles. The Hall–Kier alpha value is -1.11. The predicted octanol–water partition coefficient (Wildman–Crippen LogP) is 4.70. The minimum Gasteiger partial charge on any atom is -0.242 e. The Labute approximate surface area is 96.9 Å². The van der Waals surface area contributed by atoms with Gasteiger partial charge >= 0.3 is 0 Å². The summed E-state index contributed by atoms with van der Waals surface area (Å²) >= 11 is 1.69. The van der Waals surface area contributed by atoms with E-state index in [-0.39, 0.29) is 0 Å². The first-order valence-corrected chi connectivity index (χ1v) is 6.06. The molecule has 0 aliphatic heterocycles. The molecule has 82 valence electrons. The molecule has 0 aliphatic carbocycles. The molecule has 1 heterocycles. The summed E-state index contributed by atoms with van der Waals surface area (Å²) in [4.78, 5) is 5.57. The molecule has 0 aromatic carbocycles. The van der Waals surface area contributed by atoms with Crippen LogP contribution in [0.5, 0.6) is 0 Å². The highest BCUT2D eigenvalue weighted by Crippen LogP contribution is 2.20. The molecule has 15 heavy (non-hydrogen) atoms. The Morgan fingerprint density at radius 3 is 2.47 bits per heavy atom. The molecule has 0 fully saturated rings. The molecule has 0 N–H and O–H groups in total. The van der Waals surface area contributed by atoms with Crippen molar-refractivity contribution in [1.29, 1.82) is 0 Å². The van der Waals surface area contributed by atoms with E-state index in [1.165, 1.54) is 4.88 Å². The van der Waals surface area contributed by atoms with Crippen molar-refractivity contribution in [3.8, 4) is 0 Å². The maximum Gasteiger partial charge on any atom is 0.0907 e. The molecule has 0 saturated carbocycles. The quantitative estimate of drug-likeness (QED) is 0.660. The van der Waals surface area contributed by atoms with Gasteiger partial charge in [0.1, 0.15) is 0 Å². The summed E-state index contributed by atoms with van der Waals surface area (Å²) in [6.07, 6.45) is 7.89. The summed E-state index contributed by atoms with van der Waals surface area (Å²) in [7, 11) is 0. The fourth-order valence-electron chi connectivity index (χ4n) is 0.999. The molecule has 0 bridgehead atoms. The third-order valence-corrected chi connectivity index (χ3v) is 2.43. The zero-order chi connectivity index (χ0) is 11.7. The molecular weight excluding hydrogens is 202 g/mol. The highest BCUT2D eigenvalue weighted by molar-refractivity contribution is 7.12. The van der Waals surface area contributed by atoms with Crippen LogP contribution in [0.4, 0.5) is 0 Å². The summed E-state index contributed by atoms with van der Waals surface area (Å²) in [6, 6.07) is 0. The highest BCUT2D eigenvalue weighted by atomic mass is 32.1. The molecule has 0 radical (unpaired) electrons. The first-order chi connectivity index (χ1) is 7.27. The standard InChI is InChI=1S/C11H13NS.C2H6/c1-4-6-8-11-10(7-5-2)12-9(3)13-11;1-2/h4-5,7-8H,1-3H3;1-2H3/b7-5-;. The van der Waals surface area contributed by atoms with Gasteiger partial charge in [0.25, 0.3) is 0 Å². The van der Waals surface area contributed by atoms with Crippen LogP contribution in [0.25, 0.3) is 12.2 Å². The summed E-state index contributed by atoms with van der Waals surface area (Å²) in [5.74, 6) is 0. The van der Waals surface area contributed by atoms with E-state index in [2.05, 4.69) is 10.7 Å². The number of aryl methyl sites for hydroxylation is 1. The maximum absolute atomic E-state index is 4.40. The van der Waals surface area contributed by atoms with Gasteiger partial charge in [-0.25, -0.2) is 4.98 Å². The second kappa shape index (κ2) is 8.22. The molecule has 0 unspecified atom stereocenters. The molecule has 1 rings (SSSR count). The molecule has 0 atom stereocenters. The van der Waals surface area contributed by atoms with Gasteiger partial charge in [0, 0.05) is 0 Å². The van der Waals surface area contributed by atoms with Crippen molar-refractivity contribution in [1.82, 2.24) is 4.98 Å². The van der Waals surface area contributed by atoms with E-state index in [0.29, 0.717) is 0 Å². The van der Waals surface area contributed by atoms with E-state index in [1.807, 2.05) is 58.9 Å². The van der Waals surface area contributed by atoms with Crippen LogP contribution in [0.3, 0.4) is 0 Å². The van der Waals surface area contributed by atoms with E-state index in [1.54, 1.807) is 11.3 Å². The largest absolute Gasteiger partial charge is 0.242 e. The normalized spacial score (nSPS) is 9.13. The molecule has 0 saturated heterocycles. The van der Waals surface area contributed by atoms with Crippen LogP contribution in [-0.2, 0) is 0 Å². The number of aromatic nitrogens is 1. The molecule has 2 heteroatoms. The lowest BCUT2D eigenvalue weighted by Crippen LogP contribution is -1.74. The second-order valence-electron chi connectivity index (χ2n) is 2.58. The maximum atomic E-state index is 4.40. The lowest BCUT2D eigenvalue weighted by atomic mass is 10.3. The van der Waals surface area contributed by atoms with Crippen molar-refractivity contribution in [3.63, 3.8) is 0 Å². The van der Waals surface area contributed by atoms with Crippen molar-refractivity contribution in [2.45, 2.75) is 34.6 Å². The van der Waals surface area contributed by atoms with Crippen molar-refractivity contribution in [3.05, 3.63) is 33.5 Å². The van der Waals surface area contributed by atoms with Crippen molar-refractivity contribution < 1.29 is 0 Å². The number of hydrogen-bond donors (Lipinski definition) is 0. The van der Waals surface area contributed by atoms with Gasteiger partial charge in [-0.05, 0) is 39.0 Å². The number of nitrogens with zero attached hydrogens (tertiary/aromatic N) is 1. The van der Waals surface area contributed by atoms with Gasteiger partial charge in [0.2, 0.25) is 0 Å². The summed E-state index contributed by atoms with van der Waals surface area (Å²) in [5.41, 5.74) is 4.10. The van der Waals surface area contributed by atoms with Gasteiger partial charge in [-0.3, -0.25) is 0 Å². The molecule has 1 aromatic rings. The molecule has 0 spiro atoms. The molecule has 0 aliphatic rings. The van der Waals surface area contributed by atoms with Gasteiger partial charge in [-0.2, -0.15) is 0 Å². The average Bonchev–Trinajstić information content (AvgIpc) is 2.60. The first kappa shape index (κ1) is 13.9. The number of hydrogen-bond acceptors (Lipinski definition) is 2. The third kappa shape index (κ3) is 4.78. The molecule has 1 nitrogen and oxygen atoms in total. The Balaban J connectivity index is 0.000000921. The Bertz CT molecular complexity index is 366. The van der Waals surface area contributed by atoms with Crippen LogP contribution in [0, 0.1) is 6.92 Å². The average molecular weight is 221 g/mol. The van der Waals surface area contributed by atoms with Crippen molar-refractivity contribution in [2.24, 2.45) is 0 Å². The SMILES string of the molecule is CC.CC=C=Cc1sc(C)nc1/C=C\C. The number of rotatable bonds is 2. The fourth-order valence-corrected chi connectivity index (χ4v) is 1.81. The summed E-state index contributed by atoms with van der Waals surface area (Å²) in [6.45, 7) is 9.97. The molecular formula is C13H19NS. The van der Waals surface area contributed by atoms with Crippen LogP contribution < -0.4 is 0 Å². The van der Waals surface area contributed by atoms with Gasteiger partial charge in [-0.15, -0.1) is 17.1 Å². The van der Waals surface area contributed by atoms with E-state index < -0.39 is 0 Å². The molecule has 0 amide bonds. The van der Waals surface area contributed by atoms with Gasteiger partial charge < -0.3 is 0 Å². The lowest BCUT2D eigenvalue weighted by molar-refractivity contribution is 1.27. The second-order valence-corrected chi connectivity index (χ2v) is 3.82. The Morgan fingerprint density at radius 2 is 1.93 bits per heavy atom. The van der Waals surface area contributed by atoms with Gasteiger partial charge in [0.15, 0.2) is 0 Å². The lowest BCUT2D eigenvalue weighted by Gasteiger charge is -1.85. The Morgan fingerprint density at radius 1 is 1.27 bits per heavy atom. The van der Waals surface area contributed by atoms with Crippen LogP contribution in [-0.4, -0.2) is 4.98 Å². The Kier molecular flexibility index (Phi) is 7.61. The summed E-state index contributed by atoms with van der Waals surface area (Å²) < 4.78 is 0. The first-order valence-electron chi connectivity index (χ1n) is 5.25. The zero-order valence-corrected chi connectivity index (χ0v) is 11.0. The monoisotopic (exact) mass is 221 g/mol. The van der Waals surface area contributed by atoms with E-state index in [9.17, 15) is 0 Å². The van der Waals surface area contributed by atoms with Gasteiger partial charge in [-0.1, -0.05) is 19.9 Å². The smallest absolute Gasteiger partial charge is 0.0907 e. The predicted molar refractivity (Wildman–Crippen MR) is 71.1 cm³/mol. The summed E-state index contributed by atoms with van der Waals surface area (Å²) in [5, 5.41) is 1.09. The minimum absolute atomic E-state index is 1.04. The van der Waals surface area contributed by atoms with Crippen LogP contribution in [0.15, 0.2) is 17.9 Å². The number of allylic oxidation sites excluding steroid dienone is 2. The van der Waals surface area contributed by atoms with Crippen LogP contribution in [0.1, 0.15) is 43.3 Å². The van der Waals surface area contributed by atoms with E-state index >= 15 is 0 Å². The fraction of sp³-hybridized carbons (Fsp3) is 0.385.